The number of likely N-dealkylation sites (tertiary alicyclic amines) is 1. The van der Waals surface area contributed by atoms with Crippen molar-refractivity contribution in [1.82, 2.24) is 9.88 Å². The minimum absolute atomic E-state index is 0.186. The second-order valence-corrected chi connectivity index (χ2v) is 8.88. The lowest BCUT2D eigenvalue weighted by molar-refractivity contribution is 0.0556. The molecule has 1 aliphatic carbocycles. The summed E-state index contributed by atoms with van der Waals surface area (Å²) in [5.74, 6) is 0.723. The second-order valence-electron chi connectivity index (χ2n) is 8.88. The Hall–Kier alpha value is -1.62. The van der Waals surface area contributed by atoms with Gasteiger partial charge in [0.05, 0.1) is 0 Å². The van der Waals surface area contributed by atoms with E-state index in [0.717, 1.165) is 44.6 Å². The summed E-state index contributed by atoms with van der Waals surface area (Å²) in [5, 5.41) is 0. The molecular formula is C22H35N3O2. The van der Waals surface area contributed by atoms with Crippen LogP contribution in [0.15, 0.2) is 18.3 Å². The molecule has 0 unspecified atom stereocenters. The number of hydrogen-bond donors (Lipinski definition) is 0. The van der Waals surface area contributed by atoms with Gasteiger partial charge in [-0.2, -0.15) is 0 Å². The lowest BCUT2D eigenvalue weighted by atomic mass is 9.94. The summed E-state index contributed by atoms with van der Waals surface area (Å²) in [4.78, 5) is 22.0. The van der Waals surface area contributed by atoms with Gasteiger partial charge in [0.15, 0.2) is 0 Å². The molecule has 1 saturated heterocycles. The number of carbonyl (C=O) groups is 1. The van der Waals surface area contributed by atoms with Gasteiger partial charge in [-0.1, -0.05) is 32.3 Å². The lowest BCUT2D eigenvalue weighted by Crippen LogP contribution is -2.45. The third kappa shape index (κ3) is 5.01. The fourth-order valence-electron chi connectivity index (χ4n) is 4.40. The Morgan fingerprint density at radius 2 is 1.93 bits per heavy atom. The van der Waals surface area contributed by atoms with Crippen molar-refractivity contribution in [2.75, 3.05) is 18.0 Å². The first-order valence-electron chi connectivity index (χ1n) is 10.6. The standard InChI is InChI=1S/C22H35N3O2/c1-5-24-15-9-12-19(24)17-13-14-20(23-16-17)25(18-10-7-6-8-11-18)21(26)27-22(2,3)4/h13-14,16,18-19H,5-12,15H2,1-4H3/t19-/m0/s1. The van der Waals surface area contributed by atoms with Crippen molar-refractivity contribution < 1.29 is 9.53 Å². The van der Waals surface area contributed by atoms with Gasteiger partial charge in [0.2, 0.25) is 0 Å². The van der Waals surface area contributed by atoms with Crippen LogP contribution >= 0.6 is 0 Å². The van der Waals surface area contributed by atoms with E-state index in [0.29, 0.717) is 6.04 Å². The molecule has 2 aliphatic rings. The van der Waals surface area contributed by atoms with Crippen molar-refractivity contribution in [1.29, 1.82) is 0 Å². The Morgan fingerprint density at radius 1 is 1.19 bits per heavy atom. The quantitative estimate of drug-likeness (QED) is 0.717. The van der Waals surface area contributed by atoms with E-state index in [1.807, 2.05) is 33.0 Å². The normalized spacial score (nSPS) is 22.0. The SMILES string of the molecule is CCN1CCC[C@H]1c1ccc(N(C(=O)OC(C)(C)C)C2CCCCC2)nc1. The van der Waals surface area contributed by atoms with Crippen LogP contribution < -0.4 is 4.90 Å². The van der Waals surface area contributed by atoms with Crippen molar-refractivity contribution in [3.63, 3.8) is 0 Å². The minimum Gasteiger partial charge on any atom is -0.443 e. The van der Waals surface area contributed by atoms with Crippen molar-refractivity contribution in [2.24, 2.45) is 0 Å². The van der Waals surface area contributed by atoms with Crippen LogP contribution in [0.25, 0.3) is 0 Å². The highest BCUT2D eigenvalue weighted by atomic mass is 16.6. The van der Waals surface area contributed by atoms with Crippen molar-refractivity contribution in [3.8, 4) is 0 Å². The molecule has 5 heteroatoms. The van der Waals surface area contributed by atoms with Crippen molar-refractivity contribution in [2.45, 2.75) is 90.3 Å². The van der Waals surface area contributed by atoms with Gasteiger partial charge in [-0.15, -0.1) is 0 Å². The number of ether oxygens (including phenoxy) is 1. The molecule has 0 aromatic carbocycles. The predicted octanol–water partition coefficient (Wildman–Crippen LogP) is 5.31. The zero-order valence-electron chi connectivity index (χ0n) is 17.4. The Morgan fingerprint density at radius 3 is 2.52 bits per heavy atom. The summed E-state index contributed by atoms with van der Waals surface area (Å²) in [5.41, 5.74) is 0.751. The number of aromatic nitrogens is 1. The van der Waals surface area contributed by atoms with E-state index < -0.39 is 5.60 Å². The first kappa shape index (κ1) is 20.1. The maximum atomic E-state index is 13.0. The van der Waals surface area contributed by atoms with Crippen LogP contribution in [0.3, 0.4) is 0 Å². The highest BCUT2D eigenvalue weighted by Crippen LogP contribution is 2.33. The molecule has 1 amide bonds. The van der Waals surface area contributed by atoms with Crippen molar-refractivity contribution in [3.05, 3.63) is 23.9 Å². The molecule has 5 nitrogen and oxygen atoms in total. The zero-order chi connectivity index (χ0) is 19.4. The number of anilines is 1. The average Bonchev–Trinajstić information content (AvgIpc) is 3.11. The fraction of sp³-hybridized carbons (Fsp3) is 0.727. The summed E-state index contributed by atoms with van der Waals surface area (Å²) in [6, 6.07) is 4.81. The Balaban J connectivity index is 1.82. The van der Waals surface area contributed by atoms with Crippen LogP contribution in [0.1, 0.15) is 84.2 Å². The lowest BCUT2D eigenvalue weighted by Gasteiger charge is -2.35. The second kappa shape index (κ2) is 8.59. The fourth-order valence-corrected chi connectivity index (χ4v) is 4.40. The molecule has 3 rings (SSSR count). The zero-order valence-corrected chi connectivity index (χ0v) is 17.4. The van der Waals surface area contributed by atoms with E-state index in [1.165, 1.54) is 24.8 Å². The number of hydrogen-bond acceptors (Lipinski definition) is 4. The van der Waals surface area contributed by atoms with Gasteiger partial charge in [0, 0.05) is 18.3 Å². The van der Waals surface area contributed by atoms with Crippen LogP contribution in [0.5, 0.6) is 0 Å². The molecule has 0 bridgehead atoms. The molecule has 0 radical (unpaired) electrons. The maximum absolute atomic E-state index is 13.0. The predicted molar refractivity (Wildman–Crippen MR) is 109 cm³/mol. The van der Waals surface area contributed by atoms with Gasteiger partial charge >= 0.3 is 6.09 Å². The first-order chi connectivity index (χ1) is 12.9. The smallest absolute Gasteiger partial charge is 0.416 e. The molecule has 2 heterocycles. The van der Waals surface area contributed by atoms with Gasteiger partial charge < -0.3 is 4.74 Å². The van der Waals surface area contributed by atoms with E-state index in [1.54, 1.807) is 4.90 Å². The molecule has 0 spiro atoms. The van der Waals surface area contributed by atoms with Crippen LogP contribution in [-0.4, -0.2) is 40.7 Å². The first-order valence-corrected chi connectivity index (χ1v) is 10.6. The van der Waals surface area contributed by atoms with E-state index in [-0.39, 0.29) is 12.1 Å². The summed E-state index contributed by atoms with van der Waals surface area (Å²) in [6.07, 6.45) is 9.74. The molecular weight excluding hydrogens is 338 g/mol. The molecule has 1 saturated carbocycles. The molecule has 1 aromatic rings. The van der Waals surface area contributed by atoms with Gasteiger partial charge in [-0.25, -0.2) is 9.78 Å². The summed E-state index contributed by atoms with van der Waals surface area (Å²) >= 11 is 0. The van der Waals surface area contributed by atoms with E-state index in [2.05, 4.69) is 17.9 Å². The Bertz CT molecular complexity index is 617. The van der Waals surface area contributed by atoms with Crippen molar-refractivity contribution >= 4 is 11.9 Å². The van der Waals surface area contributed by atoms with Crippen LogP contribution in [0, 0.1) is 0 Å². The number of nitrogens with zero attached hydrogens (tertiary/aromatic N) is 3. The van der Waals surface area contributed by atoms with E-state index >= 15 is 0 Å². The number of pyridine rings is 1. The highest BCUT2D eigenvalue weighted by molar-refractivity contribution is 5.87. The van der Waals surface area contributed by atoms with Gasteiger partial charge in [0.25, 0.3) is 0 Å². The van der Waals surface area contributed by atoms with E-state index in [4.69, 9.17) is 9.72 Å². The average molecular weight is 374 g/mol. The molecule has 0 N–H and O–H groups in total. The third-order valence-corrected chi connectivity index (χ3v) is 5.70. The molecule has 150 valence electrons. The monoisotopic (exact) mass is 373 g/mol. The topological polar surface area (TPSA) is 45.7 Å². The van der Waals surface area contributed by atoms with Gasteiger partial charge in [0.1, 0.15) is 11.4 Å². The highest BCUT2D eigenvalue weighted by Gasteiger charge is 2.32. The summed E-state index contributed by atoms with van der Waals surface area (Å²) in [7, 11) is 0. The Kier molecular flexibility index (Phi) is 6.40. The third-order valence-electron chi connectivity index (χ3n) is 5.70. The molecule has 1 aromatic heterocycles. The number of carbonyl (C=O) groups excluding carboxylic acids is 1. The van der Waals surface area contributed by atoms with E-state index in [9.17, 15) is 4.79 Å². The minimum atomic E-state index is -0.505. The van der Waals surface area contributed by atoms with Crippen LogP contribution in [0.4, 0.5) is 10.6 Å². The van der Waals surface area contributed by atoms with Gasteiger partial charge in [-0.05, 0) is 71.2 Å². The molecule has 1 atom stereocenters. The summed E-state index contributed by atoms with van der Waals surface area (Å²) < 4.78 is 5.71. The maximum Gasteiger partial charge on any atom is 0.416 e. The Labute approximate surface area is 164 Å². The van der Waals surface area contributed by atoms with Crippen LogP contribution in [-0.2, 0) is 4.74 Å². The molecule has 1 aliphatic heterocycles. The molecule has 2 fully saturated rings. The molecule has 27 heavy (non-hydrogen) atoms. The number of amides is 1. The van der Waals surface area contributed by atoms with Gasteiger partial charge in [-0.3, -0.25) is 9.80 Å². The summed E-state index contributed by atoms with van der Waals surface area (Å²) in [6.45, 7) is 10.2. The number of rotatable bonds is 4. The van der Waals surface area contributed by atoms with Crippen LogP contribution in [0.2, 0.25) is 0 Å². The largest absolute Gasteiger partial charge is 0.443 e.